The third kappa shape index (κ3) is 5.34. The van der Waals surface area contributed by atoms with Gasteiger partial charge in [0.05, 0.1) is 38.5 Å². The molecule has 1 fully saturated rings. The molecular formula is C23H30N2O4. The van der Waals surface area contributed by atoms with Gasteiger partial charge in [-0.15, -0.1) is 0 Å². The number of nitrogens with one attached hydrogen (secondary N) is 1. The lowest BCUT2D eigenvalue weighted by atomic mass is 10.1. The van der Waals surface area contributed by atoms with Gasteiger partial charge in [0, 0.05) is 13.0 Å². The molecule has 1 heterocycles. The molecule has 3 rings (SSSR count). The first-order chi connectivity index (χ1) is 14.0. The third-order valence-electron chi connectivity index (χ3n) is 4.92. The molecular weight excluding hydrogens is 368 g/mol. The van der Waals surface area contributed by atoms with E-state index in [2.05, 4.69) is 17.1 Å². The molecule has 1 N–H and O–H groups in total. The Labute approximate surface area is 172 Å². The van der Waals surface area contributed by atoms with Crippen molar-refractivity contribution in [3.8, 4) is 17.2 Å². The van der Waals surface area contributed by atoms with Crippen molar-refractivity contribution in [3.05, 3.63) is 48.0 Å². The lowest BCUT2D eigenvalue weighted by Crippen LogP contribution is -2.54. The first kappa shape index (κ1) is 20.8. The molecule has 1 saturated heterocycles. The van der Waals surface area contributed by atoms with Gasteiger partial charge in [0.25, 0.3) is 0 Å². The van der Waals surface area contributed by atoms with Crippen LogP contribution in [0, 0.1) is 0 Å². The average molecular weight is 399 g/mol. The number of nitrogens with zero attached hydrogens (tertiary/aromatic N) is 1. The lowest BCUT2D eigenvalue weighted by molar-refractivity contribution is -0.119. The van der Waals surface area contributed by atoms with E-state index in [4.69, 9.17) is 14.2 Å². The van der Waals surface area contributed by atoms with E-state index in [1.165, 1.54) is 6.92 Å². The zero-order valence-corrected chi connectivity index (χ0v) is 17.6. The molecule has 29 heavy (non-hydrogen) atoms. The number of amides is 1. The molecule has 1 aliphatic heterocycles. The maximum absolute atomic E-state index is 11.2. The molecule has 2 aromatic carbocycles. The second kappa shape index (κ2) is 9.54. The summed E-state index contributed by atoms with van der Waals surface area (Å²) in [5.41, 5.74) is 2.11. The van der Waals surface area contributed by atoms with Crippen LogP contribution in [0.25, 0.3) is 0 Å². The van der Waals surface area contributed by atoms with Gasteiger partial charge in [0.1, 0.15) is 23.4 Å². The van der Waals surface area contributed by atoms with E-state index in [0.29, 0.717) is 6.61 Å². The van der Waals surface area contributed by atoms with Crippen molar-refractivity contribution in [1.82, 2.24) is 5.32 Å². The highest BCUT2D eigenvalue weighted by atomic mass is 16.5. The number of rotatable bonds is 9. The van der Waals surface area contributed by atoms with E-state index >= 15 is 0 Å². The second-order valence-corrected chi connectivity index (χ2v) is 7.32. The predicted octanol–water partition coefficient (Wildman–Crippen LogP) is 3.95. The Kier molecular flexibility index (Phi) is 6.86. The van der Waals surface area contributed by atoms with Crippen LogP contribution in [0.4, 0.5) is 5.69 Å². The molecule has 0 saturated carbocycles. The first-order valence-corrected chi connectivity index (χ1v) is 10.1. The highest BCUT2D eigenvalue weighted by Gasteiger charge is 2.30. The van der Waals surface area contributed by atoms with Gasteiger partial charge < -0.3 is 24.4 Å². The maximum atomic E-state index is 11.2. The lowest BCUT2D eigenvalue weighted by Gasteiger charge is -2.41. The van der Waals surface area contributed by atoms with Crippen LogP contribution in [-0.2, 0) is 4.79 Å². The summed E-state index contributed by atoms with van der Waals surface area (Å²) in [6, 6.07) is 13.8. The summed E-state index contributed by atoms with van der Waals surface area (Å²) in [5, 5.41) is 2.88. The molecule has 0 spiro atoms. The highest BCUT2D eigenvalue weighted by molar-refractivity contribution is 5.73. The molecule has 1 unspecified atom stereocenters. The highest BCUT2D eigenvalue weighted by Crippen LogP contribution is 2.35. The van der Waals surface area contributed by atoms with Crippen molar-refractivity contribution in [2.45, 2.75) is 39.3 Å². The summed E-state index contributed by atoms with van der Waals surface area (Å²) < 4.78 is 17.3. The van der Waals surface area contributed by atoms with E-state index < -0.39 is 0 Å². The Morgan fingerprint density at radius 1 is 1.17 bits per heavy atom. The van der Waals surface area contributed by atoms with Crippen LogP contribution in [0.15, 0.2) is 42.5 Å². The molecule has 1 atom stereocenters. The molecule has 0 aromatic heterocycles. The van der Waals surface area contributed by atoms with Gasteiger partial charge in [-0.2, -0.15) is 0 Å². The molecule has 0 bridgehead atoms. The molecule has 6 heteroatoms. The SMILES string of the molecule is CCCOc1ccc(N2CC(Oc3ccc(C(C)NC(C)=O)cc3)C2)c(OC)c1. The van der Waals surface area contributed by atoms with E-state index in [1.807, 2.05) is 49.4 Å². The number of methoxy groups -OCH3 is 1. The number of carbonyl (C=O) groups excluding carboxylic acids is 1. The number of benzene rings is 2. The van der Waals surface area contributed by atoms with Gasteiger partial charge >= 0.3 is 0 Å². The fourth-order valence-electron chi connectivity index (χ4n) is 3.35. The molecule has 156 valence electrons. The third-order valence-corrected chi connectivity index (χ3v) is 4.92. The Morgan fingerprint density at radius 2 is 1.86 bits per heavy atom. The van der Waals surface area contributed by atoms with E-state index in [-0.39, 0.29) is 18.1 Å². The Hall–Kier alpha value is -2.89. The fraction of sp³-hybridized carbons (Fsp3) is 0.435. The zero-order valence-electron chi connectivity index (χ0n) is 17.6. The number of hydrogen-bond acceptors (Lipinski definition) is 5. The molecule has 0 radical (unpaired) electrons. The predicted molar refractivity (Wildman–Crippen MR) is 114 cm³/mol. The van der Waals surface area contributed by atoms with Gasteiger partial charge in [-0.05, 0) is 43.2 Å². The quantitative estimate of drug-likeness (QED) is 0.693. The zero-order chi connectivity index (χ0) is 20.8. The van der Waals surface area contributed by atoms with Crippen molar-refractivity contribution in [1.29, 1.82) is 0 Å². The minimum absolute atomic E-state index is 0.0162. The van der Waals surface area contributed by atoms with Crippen LogP contribution in [0.1, 0.15) is 38.8 Å². The van der Waals surface area contributed by atoms with Crippen molar-refractivity contribution in [2.75, 3.05) is 31.7 Å². The molecule has 0 aliphatic carbocycles. The van der Waals surface area contributed by atoms with Crippen molar-refractivity contribution >= 4 is 11.6 Å². The summed E-state index contributed by atoms with van der Waals surface area (Å²) in [4.78, 5) is 13.4. The van der Waals surface area contributed by atoms with Crippen molar-refractivity contribution < 1.29 is 19.0 Å². The van der Waals surface area contributed by atoms with Gasteiger partial charge in [0.2, 0.25) is 5.91 Å². The second-order valence-electron chi connectivity index (χ2n) is 7.32. The van der Waals surface area contributed by atoms with E-state index in [9.17, 15) is 4.79 Å². The topological polar surface area (TPSA) is 60.0 Å². The molecule has 1 amide bonds. The molecule has 2 aromatic rings. The Morgan fingerprint density at radius 3 is 2.48 bits per heavy atom. The van der Waals surface area contributed by atoms with Crippen LogP contribution in [-0.4, -0.2) is 38.8 Å². The maximum Gasteiger partial charge on any atom is 0.217 e. The Bertz CT molecular complexity index is 816. The standard InChI is InChI=1S/C23H30N2O4/c1-5-12-28-20-10-11-22(23(13-20)27-4)25-14-21(15-25)29-19-8-6-18(7-9-19)16(2)24-17(3)26/h6-11,13,16,21H,5,12,14-15H2,1-4H3,(H,24,26). The number of hydrogen-bond donors (Lipinski definition) is 1. The number of carbonyl (C=O) groups is 1. The minimum Gasteiger partial charge on any atom is -0.494 e. The van der Waals surface area contributed by atoms with Crippen molar-refractivity contribution in [2.24, 2.45) is 0 Å². The minimum atomic E-state index is -0.0345. The fourth-order valence-corrected chi connectivity index (χ4v) is 3.35. The average Bonchev–Trinajstić information content (AvgIpc) is 2.68. The summed E-state index contributed by atoms with van der Waals surface area (Å²) in [5.74, 6) is 2.44. The Balaban J connectivity index is 1.54. The number of anilines is 1. The normalized spacial score (nSPS) is 14.7. The van der Waals surface area contributed by atoms with Crippen LogP contribution in [0.5, 0.6) is 17.2 Å². The van der Waals surface area contributed by atoms with Gasteiger partial charge in [-0.3, -0.25) is 4.79 Å². The van der Waals surface area contributed by atoms with Crippen molar-refractivity contribution in [3.63, 3.8) is 0 Å². The number of ether oxygens (including phenoxy) is 3. The monoisotopic (exact) mass is 398 g/mol. The summed E-state index contributed by atoms with van der Waals surface area (Å²) in [6.07, 6.45) is 1.11. The largest absolute Gasteiger partial charge is 0.494 e. The van der Waals surface area contributed by atoms with E-state index in [1.54, 1.807) is 7.11 Å². The van der Waals surface area contributed by atoms with E-state index in [0.717, 1.165) is 48.0 Å². The smallest absolute Gasteiger partial charge is 0.217 e. The molecule has 6 nitrogen and oxygen atoms in total. The molecule has 1 aliphatic rings. The van der Waals surface area contributed by atoms with Gasteiger partial charge in [0.15, 0.2) is 0 Å². The van der Waals surface area contributed by atoms with Gasteiger partial charge in [-0.1, -0.05) is 19.1 Å². The summed E-state index contributed by atoms with van der Waals surface area (Å²) in [7, 11) is 1.68. The summed E-state index contributed by atoms with van der Waals surface area (Å²) in [6.45, 7) is 7.88. The van der Waals surface area contributed by atoms with Crippen LogP contribution >= 0.6 is 0 Å². The van der Waals surface area contributed by atoms with Crippen LogP contribution in [0.3, 0.4) is 0 Å². The summed E-state index contributed by atoms with van der Waals surface area (Å²) >= 11 is 0. The van der Waals surface area contributed by atoms with Gasteiger partial charge in [-0.25, -0.2) is 0 Å². The van der Waals surface area contributed by atoms with Crippen LogP contribution < -0.4 is 24.4 Å². The van der Waals surface area contributed by atoms with Crippen LogP contribution in [0.2, 0.25) is 0 Å². The first-order valence-electron chi connectivity index (χ1n) is 10.1.